The first-order valence-electron chi connectivity index (χ1n) is 5.50. The summed E-state index contributed by atoms with van der Waals surface area (Å²) in [6, 6.07) is 4.73. The Morgan fingerprint density at radius 3 is 2.94 bits per heavy atom. The molecular weight excluding hydrogens is 236 g/mol. The van der Waals surface area contributed by atoms with E-state index in [-0.39, 0.29) is 5.69 Å². The first kappa shape index (κ1) is 12.3. The van der Waals surface area contributed by atoms with Gasteiger partial charge in [-0.3, -0.25) is 10.1 Å². The zero-order chi connectivity index (χ0) is 13.1. The first-order valence-corrected chi connectivity index (χ1v) is 5.50. The topological polar surface area (TPSA) is 84.4 Å². The van der Waals surface area contributed by atoms with Crippen molar-refractivity contribution in [2.75, 3.05) is 32.5 Å². The average Bonchev–Trinajstić information content (AvgIpc) is 2.69. The lowest BCUT2D eigenvalue weighted by Gasteiger charge is -2.08. The number of likely N-dealkylation sites (N-methyl/N-ethyl adjacent to an activating group) is 1. The fourth-order valence-electron chi connectivity index (χ4n) is 1.49. The van der Waals surface area contributed by atoms with E-state index in [4.69, 9.17) is 4.42 Å². The molecule has 1 aromatic carbocycles. The van der Waals surface area contributed by atoms with E-state index in [2.05, 4.69) is 10.3 Å². The molecule has 0 aliphatic rings. The number of nitrogens with one attached hydrogen (secondary N) is 1. The third-order valence-corrected chi connectivity index (χ3v) is 2.42. The fourth-order valence-corrected chi connectivity index (χ4v) is 1.49. The van der Waals surface area contributed by atoms with E-state index in [0.29, 0.717) is 23.7 Å². The molecule has 0 saturated carbocycles. The highest BCUT2D eigenvalue weighted by atomic mass is 16.6. The molecule has 0 aliphatic heterocycles. The van der Waals surface area contributed by atoms with Gasteiger partial charge in [-0.05, 0) is 20.2 Å². The fraction of sp³-hybridized carbons (Fsp3) is 0.364. The van der Waals surface area contributed by atoms with Crippen LogP contribution in [0.5, 0.6) is 0 Å². The van der Waals surface area contributed by atoms with E-state index in [0.717, 1.165) is 6.54 Å². The van der Waals surface area contributed by atoms with E-state index in [9.17, 15) is 10.1 Å². The maximum atomic E-state index is 10.6. The number of fused-ring (bicyclic) bond motifs is 1. The van der Waals surface area contributed by atoms with Crippen molar-refractivity contribution in [3.8, 4) is 0 Å². The van der Waals surface area contributed by atoms with Gasteiger partial charge in [-0.1, -0.05) is 0 Å². The molecule has 7 heteroatoms. The Hall–Kier alpha value is -2.15. The lowest BCUT2D eigenvalue weighted by atomic mass is 10.3. The van der Waals surface area contributed by atoms with Crippen LogP contribution in [-0.4, -0.2) is 42.0 Å². The second-order valence-corrected chi connectivity index (χ2v) is 4.16. The smallest absolute Gasteiger partial charge is 0.295 e. The highest BCUT2D eigenvalue weighted by Gasteiger charge is 2.11. The summed E-state index contributed by atoms with van der Waals surface area (Å²) in [6.07, 6.45) is 0. The maximum absolute atomic E-state index is 10.6. The minimum atomic E-state index is -0.451. The molecule has 0 radical (unpaired) electrons. The van der Waals surface area contributed by atoms with Crippen molar-refractivity contribution in [3.05, 3.63) is 28.3 Å². The standard InChI is InChI=1S/C11H14N4O3/c1-14(2)6-5-12-11-13-9-7-8(15(16)17)3-4-10(9)18-11/h3-4,7H,5-6H2,1-2H3,(H,12,13). The number of nitrogens with zero attached hydrogens (tertiary/aromatic N) is 3. The number of non-ortho nitro benzene ring substituents is 1. The summed E-state index contributed by atoms with van der Waals surface area (Å²) >= 11 is 0. The largest absolute Gasteiger partial charge is 0.424 e. The van der Waals surface area contributed by atoms with Crippen molar-refractivity contribution in [2.45, 2.75) is 0 Å². The van der Waals surface area contributed by atoms with Crippen molar-refractivity contribution in [1.29, 1.82) is 0 Å². The number of hydrogen-bond donors (Lipinski definition) is 1. The van der Waals surface area contributed by atoms with Gasteiger partial charge in [-0.2, -0.15) is 4.98 Å². The van der Waals surface area contributed by atoms with Gasteiger partial charge in [0.05, 0.1) is 4.92 Å². The number of anilines is 1. The molecule has 2 aromatic rings. The summed E-state index contributed by atoms with van der Waals surface area (Å²) in [4.78, 5) is 16.4. The van der Waals surface area contributed by atoms with Crippen LogP contribution in [0.1, 0.15) is 0 Å². The molecule has 0 spiro atoms. The second-order valence-electron chi connectivity index (χ2n) is 4.16. The van der Waals surface area contributed by atoms with E-state index < -0.39 is 4.92 Å². The van der Waals surface area contributed by atoms with E-state index in [1.807, 2.05) is 19.0 Å². The normalized spacial score (nSPS) is 11.1. The van der Waals surface area contributed by atoms with Gasteiger partial charge < -0.3 is 14.6 Å². The lowest BCUT2D eigenvalue weighted by molar-refractivity contribution is -0.384. The van der Waals surface area contributed by atoms with Crippen LogP contribution in [0.2, 0.25) is 0 Å². The summed E-state index contributed by atoms with van der Waals surface area (Å²) in [5.74, 6) is 0. The van der Waals surface area contributed by atoms with Gasteiger partial charge >= 0.3 is 0 Å². The van der Waals surface area contributed by atoms with Gasteiger partial charge in [-0.15, -0.1) is 0 Å². The molecule has 2 rings (SSSR count). The van der Waals surface area contributed by atoms with Gasteiger partial charge in [0.25, 0.3) is 11.7 Å². The first-order chi connectivity index (χ1) is 8.56. The SMILES string of the molecule is CN(C)CCNc1nc2cc([N+](=O)[O-])ccc2o1. The molecule has 18 heavy (non-hydrogen) atoms. The van der Waals surface area contributed by atoms with E-state index >= 15 is 0 Å². The van der Waals surface area contributed by atoms with Crippen molar-refractivity contribution >= 4 is 22.8 Å². The molecular formula is C11H14N4O3. The molecule has 1 N–H and O–H groups in total. The van der Waals surface area contributed by atoms with Gasteiger partial charge in [0.15, 0.2) is 5.58 Å². The van der Waals surface area contributed by atoms with Gasteiger partial charge in [-0.25, -0.2) is 0 Å². The number of nitro benzene ring substituents is 1. The highest BCUT2D eigenvalue weighted by Crippen LogP contribution is 2.23. The number of rotatable bonds is 5. The van der Waals surface area contributed by atoms with Crippen LogP contribution in [0.4, 0.5) is 11.7 Å². The minimum Gasteiger partial charge on any atom is -0.424 e. The number of hydrogen-bond acceptors (Lipinski definition) is 6. The Kier molecular flexibility index (Phi) is 3.42. The van der Waals surface area contributed by atoms with Gasteiger partial charge in [0, 0.05) is 25.2 Å². The van der Waals surface area contributed by atoms with Crippen LogP contribution in [0.15, 0.2) is 22.6 Å². The summed E-state index contributed by atoms with van der Waals surface area (Å²) in [5, 5.41) is 13.6. The Balaban J connectivity index is 2.14. The summed E-state index contributed by atoms with van der Waals surface area (Å²) in [7, 11) is 3.94. The van der Waals surface area contributed by atoms with E-state index in [1.54, 1.807) is 6.07 Å². The number of nitro groups is 1. The highest BCUT2D eigenvalue weighted by molar-refractivity contribution is 5.77. The van der Waals surface area contributed by atoms with Crippen LogP contribution in [0.25, 0.3) is 11.1 Å². The third-order valence-electron chi connectivity index (χ3n) is 2.42. The minimum absolute atomic E-state index is 0.00985. The Bertz CT molecular complexity index is 564. The zero-order valence-electron chi connectivity index (χ0n) is 10.2. The molecule has 0 bridgehead atoms. The number of oxazole rings is 1. The van der Waals surface area contributed by atoms with Crippen molar-refractivity contribution in [2.24, 2.45) is 0 Å². The summed E-state index contributed by atoms with van der Waals surface area (Å²) in [5.41, 5.74) is 1.03. The van der Waals surface area contributed by atoms with Crippen molar-refractivity contribution < 1.29 is 9.34 Å². The van der Waals surface area contributed by atoms with Crippen LogP contribution < -0.4 is 5.32 Å². The third kappa shape index (κ3) is 2.75. The number of benzene rings is 1. The average molecular weight is 250 g/mol. The molecule has 1 aromatic heterocycles. The van der Waals surface area contributed by atoms with Crippen LogP contribution >= 0.6 is 0 Å². The Morgan fingerprint density at radius 1 is 1.50 bits per heavy atom. The lowest BCUT2D eigenvalue weighted by Crippen LogP contribution is -2.20. The molecule has 0 unspecified atom stereocenters. The molecule has 0 aliphatic carbocycles. The predicted octanol–water partition coefficient (Wildman–Crippen LogP) is 1.71. The van der Waals surface area contributed by atoms with Crippen LogP contribution in [0.3, 0.4) is 0 Å². The van der Waals surface area contributed by atoms with Gasteiger partial charge in [0.1, 0.15) is 5.52 Å². The second kappa shape index (κ2) is 5.01. The van der Waals surface area contributed by atoms with Crippen LogP contribution in [-0.2, 0) is 0 Å². The predicted molar refractivity (Wildman–Crippen MR) is 67.7 cm³/mol. The molecule has 0 saturated heterocycles. The van der Waals surface area contributed by atoms with Crippen molar-refractivity contribution in [3.63, 3.8) is 0 Å². The monoisotopic (exact) mass is 250 g/mol. The molecule has 0 fully saturated rings. The quantitative estimate of drug-likeness (QED) is 0.642. The molecule has 7 nitrogen and oxygen atoms in total. The molecule has 96 valence electrons. The molecule has 1 heterocycles. The van der Waals surface area contributed by atoms with Crippen LogP contribution in [0, 0.1) is 10.1 Å². The summed E-state index contributed by atoms with van der Waals surface area (Å²) < 4.78 is 5.42. The van der Waals surface area contributed by atoms with Gasteiger partial charge in [0.2, 0.25) is 0 Å². The Labute approximate surface area is 104 Å². The zero-order valence-corrected chi connectivity index (χ0v) is 10.2. The molecule has 0 atom stereocenters. The molecule has 0 amide bonds. The van der Waals surface area contributed by atoms with Crippen molar-refractivity contribution in [1.82, 2.24) is 9.88 Å². The van der Waals surface area contributed by atoms with E-state index in [1.165, 1.54) is 12.1 Å². The Morgan fingerprint density at radius 2 is 2.28 bits per heavy atom. The number of aromatic nitrogens is 1. The summed E-state index contributed by atoms with van der Waals surface area (Å²) in [6.45, 7) is 1.54. The maximum Gasteiger partial charge on any atom is 0.295 e.